The molecule has 1 aromatic carbocycles. The fourth-order valence-corrected chi connectivity index (χ4v) is 10.6. The van der Waals surface area contributed by atoms with Gasteiger partial charge in [0.05, 0.1) is 37.6 Å². The molecule has 5 aliphatic rings. The molecule has 1 saturated heterocycles. The van der Waals surface area contributed by atoms with E-state index in [1.54, 1.807) is 13.2 Å². The number of cyclic esters (lactones) is 1. The van der Waals surface area contributed by atoms with Crippen molar-refractivity contribution in [1.82, 2.24) is 25.2 Å². The number of rotatable bonds is 13. The number of amides is 4. The zero-order valence-corrected chi connectivity index (χ0v) is 36.9. The second-order valence-corrected chi connectivity index (χ2v) is 20.4. The van der Waals surface area contributed by atoms with Crippen LogP contribution in [-0.4, -0.2) is 98.0 Å². The van der Waals surface area contributed by atoms with Crippen molar-refractivity contribution in [3.63, 3.8) is 0 Å². The largest absolute Gasteiger partial charge is 0.496 e. The molecule has 0 spiro atoms. The summed E-state index contributed by atoms with van der Waals surface area (Å²) in [6.45, 7) is 10.6. The smallest absolute Gasteiger partial charge is 0.407 e. The second kappa shape index (κ2) is 18.4. The second-order valence-electron chi connectivity index (χ2n) is 18.5. The molecular weight excluding hydrogens is 803 g/mol. The van der Waals surface area contributed by atoms with Crippen molar-refractivity contribution in [3.05, 3.63) is 36.4 Å². The van der Waals surface area contributed by atoms with Crippen LogP contribution in [0.3, 0.4) is 0 Å². The Labute approximate surface area is 359 Å². The quantitative estimate of drug-likeness (QED) is 0.161. The molecule has 16 heteroatoms. The minimum absolute atomic E-state index is 0.0104. The number of aromatic nitrogens is 1. The normalized spacial score (nSPS) is 27.2. The van der Waals surface area contributed by atoms with Gasteiger partial charge in [-0.15, -0.1) is 6.58 Å². The van der Waals surface area contributed by atoms with Crippen LogP contribution in [0.15, 0.2) is 30.9 Å². The number of unbranched alkanes of at least 4 members (excludes halogenated alkanes) is 2. The van der Waals surface area contributed by atoms with E-state index in [1.807, 2.05) is 26.0 Å². The number of pyridine rings is 1. The number of nitrogens with one attached hydrogen (secondary N) is 3. The number of hydrogen-bond acceptors (Lipinski definition) is 11. The molecule has 61 heavy (non-hydrogen) atoms. The maximum Gasteiger partial charge on any atom is 0.407 e. The van der Waals surface area contributed by atoms with Crippen LogP contribution in [0.5, 0.6) is 17.4 Å². The molecule has 3 saturated carbocycles. The summed E-state index contributed by atoms with van der Waals surface area (Å²) in [6, 6.07) is 3.53. The van der Waals surface area contributed by atoms with E-state index < -0.39 is 68.7 Å². The maximum atomic E-state index is 15.0. The van der Waals surface area contributed by atoms with E-state index in [0.29, 0.717) is 61.6 Å². The lowest BCUT2D eigenvalue weighted by atomic mass is 9.83. The number of methoxy groups -OCH3 is 1. The van der Waals surface area contributed by atoms with Gasteiger partial charge in [-0.05, 0) is 80.8 Å². The van der Waals surface area contributed by atoms with Crippen LogP contribution < -0.4 is 29.6 Å². The van der Waals surface area contributed by atoms with Gasteiger partial charge in [0, 0.05) is 29.9 Å². The number of carbonyl (C=O) groups excluding carboxylic acids is 4. The van der Waals surface area contributed by atoms with E-state index >= 15 is 4.79 Å². The number of carbonyl (C=O) groups is 4. The zero-order valence-electron chi connectivity index (χ0n) is 36.1. The van der Waals surface area contributed by atoms with Gasteiger partial charge in [0.25, 0.3) is 5.91 Å². The van der Waals surface area contributed by atoms with Gasteiger partial charge in [0.2, 0.25) is 27.7 Å². The van der Waals surface area contributed by atoms with E-state index in [0.717, 1.165) is 62.3 Å². The topological polar surface area (TPSA) is 192 Å². The van der Waals surface area contributed by atoms with E-state index in [2.05, 4.69) is 28.9 Å². The third-order valence-corrected chi connectivity index (χ3v) is 14.9. The average molecular weight is 866 g/mol. The molecule has 2 aliphatic heterocycles. The fraction of sp³-hybridized carbons (Fsp3) is 0.667. The molecule has 5 atom stereocenters. The molecular formula is C45H63N5O10S. The van der Waals surface area contributed by atoms with Crippen molar-refractivity contribution < 1.29 is 46.5 Å². The lowest BCUT2D eigenvalue weighted by Crippen LogP contribution is -2.59. The lowest BCUT2D eigenvalue weighted by Gasteiger charge is -2.35. The molecule has 3 heterocycles. The molecule has 7 rings (SSSR count). The number of sulfonamides is 1. The number of hydrogen-bond donors (Lipinski definition) is 3. The minimum Gasteiger partial charge on any atom is -0.496 e. The Hall–Kier alpha value is -4.60. The molecule has 15 nitrogen and oxygen atoms in total. The third kappa shape index (κ3) is 10.2. The molecule has 3 N–H and O–H groups in total. The number of alkyl carbamates (subject to hydrolysis) is 1. The van der Waals surface area contributed by atoms with Crippen molar-refractivity contribution in [2.45, 2.75) is 146 Å². The monoisotopic (exact) mass is 865 g/mol. The Balaban J connectivity index is 1.26. The Kier molecular flexibility index (Phi) is 13.4. The number of nitrogens with zero attached hydrogens (tertiary/aromatic N) is 2. The number of ether oxygens (including phenoxy) is 4. The molecule has 4 fully saturated rings. The van der Waals surface area contributed by atoms with Crippen LogP contribution in [0.1, 0.15) is 116 Å². The van der Waals surface area contributed by atoms with Crippen molar-refractivity contribution in [2.75, 3.05) is 26.9 Å². The molecule has 1 unspecified atom stereocenters. The van der Waals surface area contributed by atoms with Crippen LogP contribution in [0.2, 0.25) is 0 Å². The molecule has 2 aromatic rings. The summed E-state index contributed by atoms with van der Waals surface area (Å²) in [5.74, 6) is -1.12. The first-order chi connectivity index (χ1) is 29.2. The van der Waals surface area contributed by atoms with Crippen molar-refractivity contribution in [1.29, 1.82) is 0 Å². The summed E-state index contributed by atoms with van der Waals surface area (Å²) >= 11 is 0. The SMILES string of the molecule is C=C[C@@H]1CC1(NC(=O)[C@@H]1C[C@@H]2CN1C(=O)[C@H](C1CCCCC1)NC(=O)OCC(C)(C)CCCc1cc3c(cc(OCCCCC)nc3cc1OC)O2)C(=O)NS(=O)(=O)C1CC1. The molecule has 3 aliphatic carbocycles. The highest BCUT2D eigenvalue weighted by Crippen LogP contribution is 2.46. The van der Waals surface area contributed by atoms with Crippen molar-refractivity contribution >= 4 is 44.7 Å². The lowest BCUT2D eigenvalue weighted by molar-refractivity contribution is -0.142. The van der Waals surface area contributed by atoms with Crippen LogP contribution in [0, 0.1) is 17.3 Å². The van der Waals surface area contributed by atoms with Gasteiger partial charge in [0.15, 0.2) is 0 Å². The predicted octanol–water partition coefficient (Wildman–Crippen LogP) is 5.87. The molecule has 4 amide bonds. The first-order valence-corrected chi connectivity index (χ1v) is 23.8. The van der Waals surface area contributed by atoms with Crippen molar-refractivity contribution in [2.24, 2.45) is 17.3 Å². The van der Waals surface area contributed by atoms with E-state index in [9.17, 15) is 22.8 Å². The highest BCUT2D eigenvalue weighted by Gasteiger charge is 2.62. The van der Waals surface area contributed by atoms with Crippen LogP contribution >= 0.6 is 0 Å². The number of benzene rings is 1. The van der Waals surface area contributed by atoms with Gasteiger partial charge in [-0.25, -0.2) is 18.2 Å². The first-order valence-electron chi connectivity index (χ1n) is 22.2. The van der Waals surface area contributed by atoms with Crippen LogP contribution in [0.4, 0.5) is 4.79 Å². The number of aryl methyl sites for hydroxylation is 1. The Morgan fingerprint density at radius 2 is 1.85 bits per heavy atom. The van der Waals surface area contributed by atoms with Gasteiger partial charge in [-0.3, -0.25) is 19.1 Å². The Morgan fingerprint density at radius 3 is 2.54 bits per heavy atom. The zero-order chi connectivity index (χ0) is 43.5. The van der Waals surface area contributed by atoms with Gasteiger partial charge < -0.3 is 34.5 Å². The van der Waals surface area contributed by atoms with Gasteiger partial charge in [-0.1, -0.05) is 59.0 Å². The standard InChI is InChI=1S/C45H63N5O10S/c1-6-8-12-20-58-38-24-37-33-21-29(36(57-5)23-34(33)46-38)16-13-19-44(3,4)27-59-43(54)47-39(28-14-10-9-11-15-28)41(52)50-26-31(60-37)22-35(50)40(51)48-45(25-30(45)7-2)42(53)49-61(55,56)32-17-18-32/h7,21,23-24,28,30-32,35,39H,2,6,8-20,22,25-27H2,1,3-5H3,(H,47,54)(H,48,51)(H,49,53)/t30-,31-,35+,39+,45?/m1/s1. The summed E-state index contributed by atoms with van der Waals surface area (Å²) in [5, 5.41) is 5.87. The highest BCUT2D eigenvalue weighted by molar-refractivity contribution is 7.91. The van der Waals surface area contributed by atoms with E-state index in [1.165, 1.54) is 11.0 Å². The molecule has 0 radical (unpaired) electrons. The summed E-state index contributed by atoms with van der Waals surface area (Å²) in [6.07, 6.45) is 10.5. The van der Waals surface area contributed by atoms with Crippen molar-refractivity contribution in [3.8, 4) is 17.4 Å². The van der Waals surface area contributed by atoms with Gasteiger partial charge in [-0.2, -0.15) is 0 Å². The Morgan fingerprint density at radius 1 is 1.08 bits per heavy atom. The maximum absolute atomic E-state index is 15.0. The molecule has 334 valence electrons. The van der Waals surface area contributed by atoms with E-state index in [4.69, 9.17) is 23.9 Å². The first kappa shape index (κ1) is 44.5. The van der Waals surface area contributed by atoms with Gasteiger partial charge in [0.1, 0.15) is 35.2 Å². The summed E-state index contributed by atoms with van der Waals surface area (Å²) in [4.78, 5) is 63.3. The van der Waals surface area contributed by atoms with Crippen LogP contribution in [0.25, 0.3) is 10.9 Å². The number of fused-ring (bicyclic) bond motifs is 3. The minimum atomic E-state index is -3.91. The summed E-state index contributed by atoms with van der Waals surface area (Å²) < 4.78 is 52.6. The fourth-order valence-electron chi connectivity index (χ4n) is 9.19. The third-order valence-electron chi connectivity index (χ3n) is 13.1. The average Bonchev–Trinajstić information content (AvgIpc) is 4.17. The summed E-state index contributed by atoms with van der Waals surface area (Å²) in [5.41, 5.74) is -0.392. The Bertz CT molecular complexity index is 2100. The molecule has 1 aromatic heterocycles. The van der Waals surface area contributed by atoms with Gasteiger partial charge >= 0.3 is 6.09 Å². The van der Waals surface area contributed by atoms with E-state index in [-0.39, 0.29) is 37.3 Å². The summed E-state index contributed by atoms with van der Waals surface area (Å²) in [7, 11) is -2.29. The van der Waals surface area contributed by atoms with Crippen LogP contribution in [-0.2, 0) is 35.6 Å². The highest BCUT2D eigenvalue weighted by atomic mass is 32.2. The molecule has 4 bridgehead atoms. The predicted molar refractivity (Wildman–Crippen MR) is 229 cm³/mol.